The van der Waals surface area contributed by atoms with Crippen LogP contribution in [0, 0.1) is 11.8 Å². The van der Waals surface area contributed by atoms with Crippen LogP contribution in [0.3, 0.4) is 0 Å². The van der Waals surface area contributed by atoms with Gasteiger partial charge in [0.2, 0.25) is 0 Å². The zero-order chi connectivity index (χ0) is 13.0. The van der Waals surface area contributed by atoms with Crippen LogP contribution in [0.15, 0.2) is 0 Å². The molecule has 0 amide bonds. The van der Waals surface area contributed by atoms with Gasteiger partial charge in [0, 0.05) is 12.1 Å². The molecule has 0 bridgehead atoms. The molecule has 2 saturated carbocycles. The number of aliphatic carboxylic acids is 1. The van der Waals surface area contributed by atoms with E-state index in [2.05, 4.69) is 12.2 Å². The van der Waals surface area contributed by atoms with Gasteiger partial charge in [-0.05, 0) is 38.0 Å². The Kier molecular flexibility index (Phi) is 5.04. The molecule has 2 aliphatic rings. The summed E-state index contributed by atoms with van der Waals surface area (Å²) in [5.41, 5.74) is 0. The Labute approximate surface area is 110 Å². The van der Waals surface area contributed by atoms with Crippen molar-refractivity contribution in [2.75, 3.05) is 0 Å². The molecule has 18 heavy (non-hydrogen) atoms. The Morgan fingerprint density at radius 2 is 1.78 bits per heavy atom. The minimum absolute atomic E-state index is 0.109. The maximum atomic E-state index is 11.1. The molecule has 0 aromatic heterocycles. The van der Waals surface area contributed by atoms with Crippen molar-refractivity contribution in [2.24, 2.45) is 11.8 Å². The van der Waals surface area contributed by atoms with Crippen LogP contribution in [0.1, 0.15) is 64.7 Å². The number of carboxylic acid groups (broad SMARTS) is 1. The van der Waals surface area contributed by atoms with E-state index < -0.39 is 5.97 Å². The van der Waals surface area contributed by atoms with E-state index in [1.54, 1.807) is 0 Å². The molecular weight excluding hydrogens is 226 g/mol. The van der Waals surface area contributed by atoms with Crippen LogP contribution in [0.25, 0.3) is 0 Å². The molecule has 3 nitrogen and oxygen atoms in total. The summed E-state index contributed by atoms with van der Waals surface area (Å²) in [5.74, 6) is 0.175. The second-order valence-electron chi connectivity index (χ2n) is 6.20. The lowest BCUT2D eigenvalue weighted by Crippen LogP contribution is -2.44. The summed E-state index contributed by atoms with van der Waals surface area (Å²) in [4.78, 5) is 11.1. The third kappa shape index (κ3) is 3.71. The molecule has 3 heteroatoms. The highest BCUT2D eigenvalue weighted by Crippen LogP contribution is 2.29. The van der Waals surface area contributed by atoms with Crippen molar-refractivity contribution in [3.05, 3.63) is 0 Å². The molecule has 0 saturated heterocycles. The normalized spacial score (nSPS) is 37.4. The highest BCUT2D eigenvalue weighted by atomic mass is 16.4. The Morgan fingerprint density at radius 1 is 1.11 bits per heavy atom. The van der Waals surface area contributed by atoms with Gasteiger partial charge in [-0.3, -0.25) is 4.79 Å². The van der Waals surface area contributed by atoms with Crippen LogP contribution in [-0.4, -0.2) is 23.2 Å². The van der Waals surface area contributed by atoms with Gasteiger partial charge in [0.25, 0.3) is 0 Å². The van der Waals surface area contributed by atoms with E-state index in [4.69, 9.17) is 5.11 Å². The molecule has 0 spiro atoms. The highest BCUT2D eigenvalue weighted by Gasteiger charge is 2.29. The van der Waals surface area contributed by atoms with Crippen LogP contribution in [0.2, 0.25) is 0 Å². The third-order valence-corrected chi connectivity index (χ3v) is 4.86. The molecule has 0 heterocycles. The fourth-order valence-electron chi connectivity index (χ4n) is 3.71. The lowest BCUT2D eigenvalue weighted by molar-refractivity contribution is -0.143. The minimum atomic E-state index is -0.600. The van der Waals surface area contributed by atoms with E-state index in [9.17, 15) is 4.79 Å². The Hall–Kier alpha value is -0.570. The van der Waals surface area contributed by atoms with Gasteiger partial charge in [0.15, 0.2) is 0 Å². The topological polar surface area (TPSA) is 49.3 Å². The lowest BCUT2D eigenvalue weighted by atomic mass is 9.81. The second kappa shape index (κ2) is 6.55. The standard InChI is InChI=1S/C15H27NO2/c1-2-11-5-3-7-13(9-11)16-14-8-4-6-12(10-14)15(17)18/h11-14,16H,2-10H2,1H3,(H,17,18). The summed E-state index contributed by atoms with van der Waals surface area (Å²) in [6.45, 7) is 2.29. The molecular formula is C15H27NO2. The van der Waals surface area contributed by atoms with Gasteiger partial charge in [0.05, 0.1) is 5.92 Å². The minimum Gasteiger partial charge on any atom is -0.481 e. The summed E-state index contributed by atoms with van der Waals surface area (Å²) < 4.78 is 0. The Bertz CT molecular complexity index is 280. The lowest BCUT2D eigenvalue weighted by Gasteiger charge is -2.35. The SMILES string of the molecule is CCC1CCCC(NC2CCCC(C(=O)O)C2)C1. The quantitative estimate of drug-likeness (QED) is 0.809. The predicted molar refractivity (Wildman–Crippen MR) is 72.6 cm³/mol. The number of carbonyl (C=O) groups is 1. The molecule has 2 fully saturated rings. The molecule has 0 aliphatic heterocycles. The number of carboxylic acids is 1. The van der Waals surface area contributed by atoms with E-state index >= 15 is 0 Å². The van der Waals surface area contributed by atoms with Gasteiger partial charge in [-0.15, -0.1) is 0 Å². The number of nitrogens with one attached hydrogen (secondary N) is 1. The summed E-state index contributed by atoms with van der Waals surface area (Å²) in [7, 11) is 0. The van der Waals surface area contributed by atoms with Crippen LogP contribution in [0.5, 0.6) is 0 Å². The first-order valence-electron chi connectivity index (χ1n) is 7.68. The Balaban J connectivity index is 1.79. The zero-order valence-corrected chi connectivity index (χ0v) is 11.5. The maximum absolute atomic E-state index is 11.1. The third-order valence-electron chi connectivity index (χ3n) is 4.86. The fraction of sp³-hybridized carbons (Fsp3) is 0.933. The van der Waals surface area contributed by atoms with Crippen LogP contribution < -0.4 is 5.32 Å². The van der Waals surface area contributed by atoms with Crippen molar-refractivity contribution in [1.82, 2.24) is 5.32 Å². The fourth-order valence-corrected chi connectivity index (χ4v) is 3.71. The molecule has 104 valence electrons. The molecule has 4 unspecified atom stereocenters. The Morgan fingerprint density at radius 3 is 2.44 bits per heavy atom. The van der Waals surface area contributed by atoms with Crippen LogP contribution in [0.4, 0.5) is 0 Å². The summed E-state index contributed by atoms with van der Waals surface area (Å²) in [6, 6.07) is 1.08. The van der Waals surface area contributed by atoms with E-state index in [-0.39, 0.29) is 5.92 Å². The molecule has 0 aromatic rings. The first kappa shape index (κ1) is 13.9. The number of rotatable bonds is 4. The molecule has 0 aromatic carbocycles. The predicted octanol–water partition coefficient (Wildman–Crippen LogP) is 3.19. The average Bonchev–Trinajstić information content (AvgIpc) is 2.39. The largest absolute Gasteiger partial charge is 0.481 e. The van der Waals surface area contributed by atoms with E-state index in [0.29, 0.717) is 12.1 Å². The van der Waals surface area contributed by atoms with Gasteiger partial charge in [0.1, 0.15) is 0 Å². The van der Waals surface area contributed by atoms with E-state index in [0.717, 1.165) is 31.6 Å². The molecule has 2 N–H and O–H groups in total. The van der Waals surface area contributed by atoms with E-state index in [1.807, 2.05) is 0 Å². The summed E-state index contributed by atoms with van der Waals surface area (Å²) in [5, 5.41) is 12.9. The second-order valence-corrected chi connectivity index (χ2v) is 6.20. The molecule has 0 radical (unpaired) electrons. The maximum Gasteiger partial charge on any atom is 0.306 e. The van der Waals surface area contributed by atoms with Crippen molar-refractivity contribution < 1.29 is 9.90 Å². The van der Waals surface area contributed by atoms with Crippen molar-refractivity contribution in [3.63, 3.8) is 0 Å². The number of hydrogen-bond donors (Lipinski definition) is 2. The smallest absolute Gasteiger partial charge is 0.306 e. The van der Waals surface area contributed by atoms with Crippen LogP contribution in [-0.2, 0) is 4.79 Å². The van der Waals surface area contributed by atoms with Gasteiger partial charge in [-0.25, -0.2) is 0 Å². The number of hydrogen-bond acceptors (Lipinski definition) is 2. The van der Waals surface area contributed by atoms with Crippen molar-refractivity contribution in [1.29, 1.82) is 0 Å². The van der Waals surface area contributed by atoms with E-state index in [1.165, 1.54) is 32.1 Å². The van der Waals surface area contributed by atoms with Crippen molar-refractivity contribution >= 4 is 5.97 Å². The van der Waals surface area contributed by atoms with Gasteiger partial charge < -0.3 is 10.4 Å². The summed E-state index contributed by atoms with van der Waals surface area (Å²) in [6.07, 6.45) is 10.5. The van der Waals surface area contributed by atoms with Crippen molar-refractivity contribution in [3.8, 4) is 0 Å². The van der Waals surface area contributed by atoms with Gasteiger partial charge in [-0.1, -0.05) is 32.6 Å². The zero-order valence-electron chi connectivity index (χ0n) is 11.5. The monoisotopic (exact) mass is 253 g/mol. The first-order chi connectivity index (χ1) is 8.69. The van der Waals surface area contributed by atoms with Gasteiger partial charge >= 0.3 is 5.97 Å². The van der Waals surface area contributed by atoms with Crippen molar-refractivity contribution in [2.45, 2.75) is 76.8 Å². The molecule has 2 aliphatic carbocycles. The highest BCUT2D eigenvalue weighted by molar-refractivity contribution is 5.70. The summed E-state index contributed by atoms with van der Waals surface area (Å²) >= 11 is 0. The van der Waals surface area contributed by atoms with Gasteiger partial charge in [-0.2, -0.15) is 0 Å². The molecule has 4 atom stereocenters. The average molecular weight is 253 g/mol. The molecule has 2 rings (SSSR count). The van der Waals surface area contributed by atoms with Crippen LogP contribution >= 0.6 is 0 Å². The first-order valence-corrected chi connectivity index (χ1v) is 7.68.